The highest BCUT2D eigenvalue weighted by molar-refractivity contribution is 8.78. The molecule has 0 heterocycles. The molecule has 0 aromatic heterocycles. The van der Waals surface area contributed by atoms with Crippen LogP contribution in [0.2, 0.25) is 0 Å². The van der Waals surface area contributed by atoms with E-state index < -0.39 is 6.10 Å². The van der Waals surface area contributed by atoms with E-state index in [-0.39, 0.29) is 6.04 Å². The van der Waals surface area contributed by atoms with Gasteiger partial charge in [-0.05, 0) is 23.3 Å². The van der Waals surface area contributed by atoms with Gasteiger partial charge in [0.25, 0.3) is 0 Å². The molecule has 0 saturated carbocycles. The summed E-state index contributed by atoms with van der Waals surface area (Å²) < 4.78 is 0. The van der Waals surface area contributed by atoms with Gasteiger partial charge in [0.05, 0.1) is 6.04 Å². The number of benzene rings is 3. The molecule has 0 aliphatic carbocycles. The van der Waals surface area contributed by atoms with Gasteiger partial charge in [-0.2, -0.15) is 0 Å². The fourth-order valence-electron chi connectivity index (χ4n) is 2.77. The van der Waals surface area contributed by atoms with Crippen molar-refractivity contribution in [2.75, 3.05) is 5.32 Å². The van der Waals surface area contributed by atoms with Gasteiger partial charge < -0.3 is 10.4 Å². The number of aliphatic hydroxyl groups excluding tert-OH is 1. The fourth-order valence-corrected chi connectivity index (χ4v) is 52.2. The molecule has 24 heteroatoms. The summed E-state index contributed by atoms with van der Waals surface area (Å²) in [6, 6.07) is 29.6. The first-order valence-electron chi connectivity index (χ1n) is 10.9. The molecule has 3 aromatic carbocycles. The lowest BCUT2D eigenvalue weighted by Crippen LogP contribution is -2.19. The van der Waals surface area contributed by atoms with E-state index in [4.69, 9.17) is 22.4 Å². The molecule has 0 saturated heterocycles. The first-order valence-corrected chi connectivity index (χ1v) is 38.9. The van der Waals surface area contributed by atoms with Crippen LogP contribution in [0, 0.1) is 0 Å². The molecule has 2 atom stereocenters. The Kier molecular flexibility index (Phi) is 30.1. The van der Waals surface area contributed by atoms with Crippen LogP contribution in [0.3, 0.4) is 0 Å². The van der Waals surface area contributed by atoms with Crippen LogP contribution in [-0.4, -0.2) is 5.11 Å². The average Bonchev–Trinajstić information content (AvgIpc) is 3.08. The Labute approximate surface area is 324 Å². The van der Waals surface area contributed by atoms with E-state index in [0.717, 1.165) is 16.8 Å². The molecular weight excluding hydrogens is 976 g/mol. The summed E-state index contributed by atoms with van der Waals surface area (Å²) >= 11 is 9.53. The van der Waals surface area contributed by atoms with Crippen molar-refractivity contribution >= 4 is 206 Å². The summed E-state index contributed by atoms with van der Waals surface area (Å²) in [5, 5.41) is 14.3. The van der Waals surface area contributed by atoms with Gasteiger partial charge in [-0.3, -0.25) is 0 Å². The number of para-hydroxylation sites is 1. The van der Waals surface area contributed by atoms with Crippen LogP contribution in [0.4, 0.5) is 5.69 Å². The van der Waals surface area contributed by atoms with E-state index in [0.29, 0.717) is 0 Å². The monoisotopic (exact) mass is 993 g/mol. The third-order valence-electron chi connectivity index (χ3n) is 4.24. The second kappa shape index (κ2) is 31.3. The topological polar surface area (TPSA) is 32.3 Å². The highest BCUT2D eigenvalue weighted by atomic mass is 33.5. The number of aliphatic hydroxyl groups is 1. The number of rotatable bonds is 5. The van der Waals surface area contributed by atoms with Crippen molar-refractivity contribution in [3.05, 3.63) is 102 Å². The summed E-state index contributed by atoms with van der Waals surface area (Å²) in [4.78, 5) is 0. The molecule has 0 bridgehead atoms. The van der Waals surface area contributed by atoms with Gasteiger partial charge in [0, 0.05) is 206 Å². The van der Waals surface area contributed by atoms with Gasteiger partial charge in [-0.1, -0.05) is 78.9 Å². The van der Waals surface area contributed by atoms with Crippen molar-refractivity contribution < 1.29 is 5.11 Å². The Balaban J connectivity index is 0.000000307. The van der Waals surface area contributed by atoms with Crippen LogP contribution in [-0.2, 0) is 200 Å². The molecule has 0 unspecified atom stereocenters. The number of anilines is 1. The smallest absolute Gasteiger partial charge is 0.103 e. The summed E-state index contributed by atoms with van der Waals surface area (Å²) in [5.41, 5.74) is 2.95. The van der Waals surface area contributed by atoms with Gasteiger partial charge in [0.1, 0.15) is 6.10 Å². The summed E-state index contributed by atoms with van der Waals surface area (Å²) in [6.07, 6.45) is -0.621. The molecule has 3 aromatic rings. The van der Waals surface area contributed by atoms with E-state index in [1.807, 2.05) is 91.0 Å². The molecule has 0 radical (unpaired) electrons. The quantitative estimate of drug-likeness (QED) is 0.395. The van der Waals surface area contributed by atoms with Crippen molar-refractivity contribution in [1.82, 2.24) is 0 Å². The van der Waals surface area contributed by atoms with Crippen molar-refractivity contribution in [3.8, 4) is 0 Å². The van der Waals surface area contributed by atoms with E-state index in [2.05, 4.69) is 5.32 Å². The lowest BCUT2D eigenvalue weighted by molar-refractivity contribution is 0.155. The molecule has 0 aliphatic heterocycles. The number of hydrogen-bond acceptors (Lipinski definition) is 4. The van der Waals surface area contributed by atoms with Crippen LogP contribution in [0.5, 0.6) is 0 Å². The van der Waals surface area contributed by atoms with E-state index in [1.54, 1.807) is 160 Å². The maximum Gasteiger partial charge on any atom is 0.103 e. The van der Waals surface area contributed by atoms with Gasteiger partial charge in [-0.15, -0.1) is 0 Å². The Morgan fingerprint density at radius 2 is 0.705 bits per heavy atom. The Hall–Kier alpha value is 2.26. The minimum Gasteiger partial charge on any atom is -0.386 e. The summed E-state index contributed by atoms with van der Waals surface area (Å²) in [5.74, 6) is 0. The highest BCUT2D eigenvalue weighted by Crippen LogP contribution is 2.31. The third kappa shape index (κ3) is 22.1. The molecule has 2 N–H and O–H groups in total. The van der Waals surface area contributed by atoms with Crippen molar-refractivity contribution in [3.63, 3.8) is 0 Å². The maximum absolute atomic E-state index is 10.8. The molecule has 242 valence electrons. The molecular formula is C20H19NOS22. The molecule has 0 fully saturated rings. The van der Waals surface area contributed by atoms with E-state index in [1.165, 1.54) is 17.8 Å². The normalized spacial score (nSPS) is 10.4. The molecule has 44 heavy (non-hydrogen) atoms. The average molecular weight is 995 g/mol. The largest absolute Gasteiger partial charge is 0.386 e. The molecule has 0 spiro atoms. The summed E-state index contributed by atoms with van der Waals surface area (Å²) in [6.45, 7) is 0. The number of hydrogen-bond donors (Lipinski definition) is 2. The predicted molar refractivity (Wildman–Crippen MR) is 253 cm³/mol. The van der Waals surface area contributed by atoms with Gasteiger partial charge in [0.15, 0.2) is 0 Å². The minimum atomic E-state index is -0.621. The SMILES string of the molecule is O[C@@H](c1ccccc1)[C@H](Nc1ccccc1)c1ccccc1.S=S=S=S=S=S=S=S=S=S=S=S=S=S=S=S=S=S=S=S=S=S. The van der Waals surface area contributed by atoms with Gasteiger partial charge in [-0.25, -0.2) is 0 Å². The lowest BCUT2D eigenvalue weighted by atomic mass is 9.95. The Bertz CT molecular complexity index is 2130. The molecule has 0 amide bonds. The maximum atomic E-state index is 10.8. The van der Waals surface area contributed by atoms with Crippen LogP contribution < -0.4 is 5.32 Å². The first-order chi connectivity index (χ1) is 21.8. The molecule has 0 aliphatic rings. The van der Waals surface area contributed by atoms with Crippen LogP contribution in [0.25, 0.3) is 0 Å². The second-order valence-corrected chi connectivity index (χ2v) is 42.0. The Morgan fingerprint density at radius 1 is 0.409 bits per heavy atom. The zero-order valence-corrected chi connectivity index (χ0v) is 39.2. The molecule has 3 rings (SSSR count). The predicted octanol–water partition coefficient (Wildman–Crippen LogP) is 4.52. The lowest BCUT2D eigenvalue weighted by Gasteiger charge is -2.26. The molecule has 2 nitrogen and oxygen atoms in total. The fraction of sp³-hybridized carbons (Fsp3) is 0.100. The van der Waals surface area contributed by atoms with Crippen LogP contribution >= 0.6 is 0 Å². The Morgan fingerprint density at radius 3 is 1.05 bits per heavy atom. The first kappa shape index (κ1) is 42.4. The van der Waals surface area contributed by atoms with Crippen molar-refractivity contribution in [2.45, 2.75) is 12.1 Å². The minimum absolute atomic E-state index is 0.203. The highest BCUT2D eigenvalue weighted by Gasteiger charge is 2.22. The zero-order valence-electron chi connectivity index (χ0n) is 21.2. The van der Waals surface area contributed by atoms with E-state index >= 15 is 0 Å². The van der Waals surface area contributed by atoms with Crippen molar-refractivity contribution in [1.29, 1.82) is 0 Å². The second-order valence-electron chi connectivity index (χ2n) is 6.62. The van der Waals surface area contributed by atoms with Crippen LogP contribution in [0.15, 0.2) is 91.0 Å². The van der Waals surface area contributed by atoms with Crippen LogP contribution in [0.1, 0.15) is 23.3 Å². The summed E-state index contributed by atoms with van der Waals surface area (Å²) in [7, 11) is 34.5. The number of nitrogens with one attached hydrogen (secondary N) is 1. The zero-order chi connectivity index (χ0) is 31.3. The standard InChI is InChI=1S/C20H19NO.S22/c22-20(17-12-6-2-7-13-17)19(16-10-4-1-5-11-16)21-18-14-8-3-9-15-18;1-3-5-7-9-11-13-15-17-19-21-22-20-18-16-14-12-10-8-6-4-2/h1-15,19-22H;/t19-,20+;/m1./s1. The van der Waals surface area contributed by atoms with Gasteiger partial charge >= 0.3 is 0 Å². The van der Waals surface area contributed by atoms with Gasteiger partial charge in [0.2, 0.25) is 0 Å². The van der Waals surface area contributed by atoms with E-state index in [9.17, 15) is 5.11 Å². The van der Waals surface area contributed by atoms with Crippen molar-refractivity contribution in [2.24, 2.45) is 0 Å². The third-order valence-corrected chi connectivity index (χ3v) is 46.5.